The minimum absolute atomic E-state index is 0.358. The molecule has 5 heteroatoms. The summed E-state index contributed by atoms with van der Waals surface area (Å²) in [7, 11) is 0. The number of nitrogens with two attached hydrogens (primary N) is 1. The lowest BCUT2D eigenvalue weighted by molar-refractivity contribution is 0.916. The summed E-state index contributed by atoms with van der Waals surface area (Å²) >= 11 is 5.79. The summed E-state index contributed by atoms with van der Waals surface area (Å²) < 4.78 is 0. The SMILES string of the molecule is NCc1n[nH]c(Cc2ccc(Cl)cc2)n1. The minimum atomic E-state index is 0.358. The van der Waals surface area contributed by atoms with Crippen LogP contribution in [0.5, 0.6) is 0 Å². The van der Waals surface area contributed by atoms with Gasteiger partial charge in [0.15, 0.2) is 5.82 Å². The van der Waals surface area contributed by atoms with Crippen molar-refractivity contribution in [2.24, 2.45) is 5.73 Å². The molecule has 2 rings (SSSR count). The predicted octanol–water partition coefficient (Wildman–Crippen LogP) is 1.51. The summed E-state index contributed by atoms with van der Waals surface area (Å²) in [6.07, 6.45) is 0.712. The Morgan fingerprint density at radius 3 is 2.60 bits per heavy atom. The van der Waals surface area contributed by atoms with Crippen molar-refractivity contribution in [2.75, 3.05) is 0 Å². The molecule has 0 aliphatic carbocycles. The maximum absolute atomic E-state index is 5.79. The number of nitrogens with one attached hydrogen (secondary N) is 1. The van der Waals surface area contributed by atoms with E-state index >= 15 is 0 Å². The maximum atomic E-state index is 5.79. The van der Waals surface area contributed by atoms with E-state index in [4.69, 9.17) is 17.3 Å². The average molecular weight is 223 g/mol. The molecule has 3 N–H and O–H groups in total. The number of halogens is 1. The maximum Gasteiger partial charge on any atom is 0.164 e. The van der Waals surface area contributed by atoms with Gasteiger partial charge in [-0.05, 0) is 17.7 Å². The third kappa shape index (κ3) is 2.55. The Kier molecular flexibility index (Phi) is 2.99. The second-order valence-corrected chi connectivity index (χ2v) is 3.64. The molecule has 4 nitrogen and oxygen atoms in total. The molecule has 0 spiro atoms. The molecule has 0 aliphatic rings. The smallest absolute Gasteiger partial charge is 0.164 e. The Bertz CT molecular complexity index is 435. The van der Waals surface area contributed by atoms with Crippen LogP contribution in [0.3, 0.4) is 0 Å². The fourth-order valence-corrected chi connectivity index (χ4v) is 1.43. The minimum Gasteiger partial charge on any atom is -0.324 e. The van der Waals surface area contributed by atoms with Gasteiger partial charge in [-0.1, -0.05) is 23.7 Å². The van der Waals surface area contributed by atoms with E-state index in [9.17, 15) is 0 Å². The zero-order valence-electron chi connectivity index (χ0n) is 8.07. The summed E-state index contributed by atoms with van der Waals surface area (Å²) in [6.45, 7) is 0.358. The van der Waals surface area contributed by atoms with Crippen LogP contribution >= 0.6 is 11.6 Å². The molecule has 15 heavy (non-hydrogen) atoms. The number of H-pyrrole nitrogens is 1. The second kappa shape index (κ2) is 4.42. The van der Waals surface area contributed by atoms with Crippen molar-refractivity contribution in [1.29, 1.82) is 0 Å². The number of hydrogen-bond acceptors (Lipinski definition) is 3. The Labute approximate surface area is 92.5 Å². The summed E-state index contributed by atoms with van der Waals surface area (Å²) in [5.74, 6) is 1.46. The summed E-state index contributed by atoms with van der Waals surface area (Å²) in [4.78, 5) is 4.22. The first-order valence-electron chi connectivity index (χ1n) is 4.62. The van der Waals surface area contributed by atoms with Crippen LogP contribution in [0.4, 0.5) is 0 Å². The van der Waals surface area contributed by atoms with E-state index in [1.807, 2.05) is 24.3 Å². The van der Waals surface area contributed by atoms with E-state index < -0.39 is 0 Å². The predicted molar refractivity (Wildman–Crippen MR) is 58.5 cm³/mol. The highest BCUT2D eigenvalue weighted by Crippen LogP contribution is 2.11. The van der Waals surface area contributed by atoms with Crippen molar-refractivity contribution in [2.45, 2.75) is 13.0 Å². The Morgan fingerprint density at radius 1 is 1.27 bits per heavy atom. The molecule has 0 amide bonds. The molecule has 0 fully saturated rings. The summed E-state index contributed by atoms with van der Waals surface area (Å²) in [5.41, 5.74) is 6.55. The van der Waals surface area contributed by atoms with Crippen LogP contribution in [0.25, 0.3) is 0 Å². The fourth-order valence-electron chi connectivity index (χ4n) is 1.30. The zero-order valence-corrected chi connectivity index (χ0v) is 8.83. The molecule has 2 aromatic rings. The summed E-state index contributed by atoms with van der Waals surface area (Å²) in [5, 5.41) is 7.54. The molecular formula is C10H11ClN4. The highest BCUT2D eigenvalue weighted by atomic mass is 35.5. The van der Waals surface area contributed by atoms with Gasteiger partial charge in [-0.3, -0.25) is 5.10 Å². The van der Waals surface area contributed by atoms with Crippen molar-refractivity contribution in [3.63, 3.8) is 0 Å². The monoisotopic (exact) mass is 222 g/mol. The van der Waals surface area contributed by atoms with Gasteiger partial charge in [-0.25, -0.2) is 4.98 Å². The number of rotatable bonds is 3. The highest BCUT2D eigenvalue weighted by molar-refractivity contribution is 6.30. The van der Waals surface area contributed by atoms with E-state index in [-0.39, 0.29) is 0 Å². The van der Waals surface area contributed by atoms with Gasteiger partial charge in [0.25, 0.3) is 0 Å². The number of nitrogens with zero attached hydrogens (tertiary/aromatic N) is 2. The normalized spacial score (nSPS) is 10.5. The molecule has 1 aromatic heterocycles. The van der Waals surface area contributed by atoms with Crippen molar-refractivity contribution in [3.05, 3.63) is 46.5 Å². The lowest BCUT2D eigenvalue weighted by atomic mass is 10.1. The van der Waals surface area contributed by atoms with Crippen LogP contribution < -0.4 is 5.73 Å². The van der Waals surface area contributed by atoms with Gasteiger partial charge >= 0.3 is 0 Å². The molecule has 0 aliphatic heterocycles. The van der Waals surface area contributed by atoms with Crippen molar-refractivity contribution >= 4 is 11.6 Å². The Morgan fingerprint density at radius 2 is 2.00 bits per heavy atom. The van der Waals surface area contributed by atoms with Crippen molar-refractivity contribution in [1.82, 2.24) is 15.2 Å². The molecular weight excluding hydrogens is 212 g/mol. The lowest BCUT2D eigenvalue weighted by Gasteiger charge is -1.97. The van der Waals surface area contributed by atoms with Crippen molar-refractivity contribution < 1.29 is 0 Å². The third-order valence-corrected chi connectivity index (χ3v) is 2.30. The molecule has 0 bridgehead atoms. The molecule has 0 atom stereocenters. The van der Waals surface area contributed by atoms with Gasteiger partial charge in [-0.2, -0.15) is 5.10 Å². The van der Waals surface area contributed by atoms with Crippen LogP contribution in [0.1, 0.15) is 17.2 Å². The molecule has 0 unspecified atom stereocenters. The van der Waals surface area contributed by atoms with Gasteiger partial charge in [0.2, 0.25) is 0 Å². The van der Waals surface area contributed by atoms with Gasteiger partial charge < -0.3 is 5.73 Å². The molecule has 78 valence electrons. The fraction of sp³-hybridized carbons (Fsp3) is 0.200. The highest BCUT2D eigenvalue weighted by Gasteiger charge is 2.02. The van der Waals surface area contributed by atoms with Gasteiger partial charge in [-0.15, -0.1) is 0 Å². The largest absolute Gasteiger partial charge is 0.324 e. The second-order valence-electron chi connectivity index (χ2n) is 3.21. The van der Waals surface area contributed by atoms with Crippen LogP contribution in [0.15, 0.2) is 24.3 Å². The average Bonchev–Trinajstić information content (AvgIpc) is 2.69. The van der Waals surface area contributed by atoms with Crippen LogP contribution in [-0.2, 0) is 13.0 Å². The van der Waals surface area contributed by atoms with Gasteiger partial charge in [0.1, 0.15) is 5.82 Å². The first-order chi connectivity index (χ1) is 7.28. The Balaban J connectivity index is 2.11. The quantitative estimate of drug-likeness (QED) is 0.827. The van der Waals surface area contributed by atoms with E-state index in [1.54, 1.807) is 0 Å². The third-order valence-electron chi connectivity index (χ3n) is 2.05. The molecule has 0 saturated carbocycles. The molecule has 1 aromatic carbocycles. The van der Waals surface area contributed by atoms with Crippen molar-refractivity contribution in [3.8, 4) is 0 Å². The number of hydrogen-bond donors (Lipinski definition) is 2. The summed E-state index contributed by atoms with van der Waals surface area (Å²) in [6, 6.07) is 7.65. The molecule has 0 radical (unpaired) electrons. The van der Waals surface area contributed by atoms with E-state index in [2.05, 4.69) is 15.2 Å². The van der Waals surface area contributed by atoms with Gasteiger partial charge in [0.05, 0.1) is 6.54 Å². The van der Waals surface area contributed by atoms with Crippen LogP contribution in [0, 0.1) is 0 Å². The van der Waals surface area contributed by atoms with E-state index in [0.29, 0.717) is 18.8 Å². The topological polar surface area (TPSA) is 67.6 Å². The number of aromatic amines is 1. The standard InChI is InChI=1S/C10H11ClN4/c11-8-3-1-7(2-4-8)5-9-13-10(6-12)15-14-9/h1-4H,5-6,12H2,(H,13,14,15). The first kappa shape index (κ1) is 10.1. The number of benzene rings is 1. The Hall–Kier alpha value is -1.39. The zero-order chi connectivity index (χ0) is 10.7. The van der Waals surface area contributed by atoms with Crippen LogP contribution in [-0.4, -0.2) is 15.2 Å². The molecule has 1 heterocycles. The van der Waals surface area contributed by atoms with Crippen LogP contribution in [0.2, 0.25) is 5.02 Å². The van der Waals surface area contributed by atoms with E-state index in [1.165, 1.54) is 0 Å². The lowest BCUT2D eigenvalue weighted by Crippen LogP contribution is -1.98. The van der Waals surface area contributed by atoms with Gasteiger partial charge in [0, 0.05) is 11.4 Å². The van der Waals surface area contributed by atoms with E-state index in [0.717, 1.165) is 16.4 Å². The first-order valence-corrected chi connectivity index (χ1v) is 5.00. The number of aromatic nitrogens is 3. The molecule has 0 saturated heterocycles.